The normalized spacial score (nSPS) is 11.3. The van der Waals surface area contributed by atoms with Crippen molar-refractivity contribution in [3.05, 3.63) is 57.7 Å². The van der Waals surface area contributed by atoms with Gasteiger partial charge in [-0.25, -0.2) is 9.18 Å². The smallest absolute Gasteiger partial charge is 0.336 e. The standard InChI is InChI=1S/C14H14FN5O4/c1-9-12(20(22)23)8-19(17-9)7-6-13(21)24-18-14(16)10-2-4-11(15)5-3-10/h2-5,8H,6-7H2,1H3,(H2,16,18). The minimum atomic E-state index is -0.684. The van der Waals surface area contributed by atoms with E-state index < -0.39 is 16.7 Å². The Morgan fingerprint density at radius 1 is 1.46 bits per heavy atom. The summed E-state index contributed by atoms with van der Waals surface area (Å²) in [6, 6.07) is 5.19. The second-order valence-corrected chi connectivity index (χ2v) is 4.82. The van der Waals surface area contributed by atoms with Gasteiger partial charge in [0.15, 0.2) is 5.84 Å². The number of benzene rings is 1. The number of aromatic nitrogens is 2. The van der Waals surface area contributed by atoms with Gasteiger partial charge in [0.2, 0.25) is 0 Å². The van der Waals surface area contributed by atoms with Gasteiger partial charge in [-0.15, -0.1) is 0 Å². The van der Waals surface area contributed by atoms with Crippen LogP contribution in [-0.2, 0) is 16.2 Å². The molecule has 2 N–H and O–H groups in total. The summed E-state index contributed by atoms with van der Waals surface area (Å²) in [5.41, 5.74) is 6.15. The highest BCUT2D eigenvalue weighted by atomic mass is 19.1. The maximum Gasteiger partial charge on any atom is 0.336 e. The summed E-state index contributed by atoms with van der Waals surface area (Å²) in [6.07, 6.45) is 1.14. The Bertz CT molecular complexity index is 785. The summed E-state index contributed by atoms with van der Waals surface area (Å²) in [6.45, 7) is 1.60. The van der Waals surface area contributed by atoms with Gasteiger partial charge in [0.1, 0.15) is 17.7 Å². The molecule has 0 bridgehead atoms. The highest BCUT2D eigenvalue weighted by Gasteiger charge is 2.16. The van der Waals surface area contributed by atoms with Gasteiger partial charge in [0.25, 0.3) is 0 Å². The number of rotatable bonds is 6. The van der Waals surface area contributed by atoms with E-state index in [1.54, 1.807) is 0 Å². The second kappa shape index (κ2) is 7.31. The van der Waals surface area contributed by atoms with Crippen LogP contribution in [0.3, 0.4) is 0 Å². The molecule has 0 saturated carbocycles. The largest absolute Gasteiger partial charge is 0.380 e. The van der Waals surface area contributed by atoms with Crippen LogP contribution in [0.25, 0.3) is 0 Å². The van der Waals surface area contributed by atoms with Gasteiger partial charge in [0.05, 0.1) is 17.9 Å². The molecule has 1 aromatic carbocycles. The number of oxime groups is 1. The number of carbonyl (C=O) groups excluding carboxylic acids is 1. The average molecular weight is 335 g/mol. The number of amidine groups is 1. The monoisotopic (exact) mass is 335 g/mol. The molecule has 0 radical (unpaired) electrons. The molecule has 0 aliphatic heterocycles. The highest BCUT2D eigenvalue weighted by Crippen LogP contribution is 2.15. The maximum absolute atomic E-state index is 12.8. The zero-order valence-corrected chi connectivity index (χ0v) is 12.7. The number of nitrogens with zero attached hydrogens (tertiary/aromatic N) is 4. The van der Waals surface area contributed by atoms with Crippen LogP contribution in [0.4, 0.5) is 10.1 Å². The lowest BCUT2D eigenvalue weighted by atomic mass is 10.2. The number of carbonyl (C=O) groups is 1. The zero-order chi connectivity index (χ0) is 17.7. The van der Waals surface area contributed by atoms with Crippen LogP contribution < -0.4 is 5.73 Å². The van der Waals surface area contributed by atoms with E-state index in [-0.39, 0.29) is 30.2 Å². The lowest BCUT2D eigenvalue weighted by Crippen LogP contribution is -2.15. The van der Waals surface area contributed by atoms with E-state index in [1.165, 1.54) is 42.1 Å². The quantitative estimate of drug-likeness (QED) is 0.280. The molecule has 10 heteroatoms. The summed E-state index contributed by atoms with van der Waals surface area (Å²) in [5.74, 6) is -1.18. The molecule has 0 spiro atoms. The summed E-state index contributed by atoms with van der Waals surface area (Å²) in [4.78, 5) is 26.4. The van der Waals surface area contributed by atoms with Gasteiger partial charge in [0, 0.05) is 5.56 Å². The highest BCUT2D eigenvalue weighted by molar-refractivity contribution is 5.97. The number of nitrogens with two attached hydrogens (primary N) is 1. The van der Waals surface area contributed by atoms with Gasteiger partial charge >= 0.3 is 11.7 Å². The predicted molar refractivity (Wildman–Crippen MR) is 81.5 cm³/mol. The van der Waals surface area contributed by atoms with Crippen molar-refractivity contribution in [3.63, 3.8) is 0 Å². The Balaban J connectivity index is 1.89. The summed E-state index contributed by atoms with van der Waals surface area (Å²) in [5, 5.41) is 18.1. The number of hydrogen-bond acceptors (Lipinski definition) is 6. The van der Waals surface area contributed by atoms with E-state index in [2.05, 4.69) is 15.1 Å². The molecule has 0 aliphatic carbocycles. The van der Waals surface area contributed by atoms with Gasteiger partial charge in [-0.1, -0.05) is 5.16 Å². The molecule has 24 heavy (non-hydrogen) atoms. The topological polar surface area (TPSA) is 126 Å². The van der Waals surface area contributed by atoms with Gasteiger partial charge in [-0.2, -0.15) is 5.10 Å². The fourth-order valence-electron chi connectivity index (χ4n) is 1.83. The van der Waals surface area contributed by atoms with E-state index in [4.69, 9.17) is 5.73 Å². The first-order valence-electron chi connectivity index (χ1n) is 6.84. The Morgan fingerprint density at radius 3 is 2.71 bits per heavy atom. The SMILES string of the molecule is Cc1nn(CCC(=O)O/N=C(\N)c2ccc(F)cc2)cc1[N+](=O)[O-]. The molecular formula is C14H14FN5O4. The molecule has 0 fully saturated rings. The van der Waals surface area contributed by atoms with Gasteiger partial charge in [-0.05, 0) is 31.2 Å². The molecule has 1 aromatic heterocycles. The van der Waals surface area contributed by atoms with Crippen molar-refractivity contribution < 1.29 is 18.9 Å². The molecule has 0 saturated heterocycles. The lowest BCUT2D eigenvalue weighted by molar-refractivity contribution is -0.385. The number of halogens is 1. The third kappa shape index (κ3) is 4.35. The third-order valence-electron chi connectivity index (χ3n) is 3.05. The first kappa shape index (κ1) is 17.1. The second-order valence-electron chi connectivity index (χ2n) is 4.82. The average Bonchev–Trinajstić information content (AvgIpc) is 2.92. The van der Waals surface area contributed by atoms with Gasteiger partial charge < -0.3 is 10.6 Å². The third-order valence-corrected chi connectivity index (χ3v) is 3.05. The molecule has 2 aromatic rings. The van der Waals surface area contributed by atoms with Crippen molar-refractivity contribution in [1.82, 2.24) is 9.78 Å². The molecule has 9 nitrogen and oxygen atoms in total. The lowest BCUT2D eigenvalue weighted by Gasteiger charge is -2.01. The molecule has 0 unspecified atom stereocenters. The molecule has 0 atom stereocenters. The van der Waals surface area contributed by atoms with Crippen LogP contribution in [0.5, 0.6) is 0 Å². The minimum Gasteiger partial charge on any atom is -0.380 e. The molecule has 1 heterocycles. The first-order chi connectivity index (χ1) is 11.4. The first-order valence-corrected chi connectivity index (χ1v) is 6.84. The molecular weight excluding hydrogens is 321 g/mol. The summed E-state index contributed by atoms with van der Waals surface area (Å²) in [7, 11) is 0. The molecule has 2 rings (SSSR count). The molecule has 0 aliphatic rings. The van der Waals surface area contributed by atoms with Crippen molar-refractivity contribution in [2.75, 3.05) is 0 Å². The van der Waals surface area contributed by atoms with Crippen LogP contribution in [0.2, 0.25) is 0 Å². The van der Waals surface area contributed by atoms with E-state index in [1.807, 2.05) is 0 Å². The van der Waals surface area contributed by atoms with Crippen LogP contribution in [-0.4, -0.2) is 26.5 Å². The van der Waals surface area contributed by atoms with Crippen molar-refractivity contribution in [1.29, 1.82) is 0 Å². The Morgan fingerprint density at radius 2 is 2.12 bits per heavy atom. The van der Waals surface area contributed by atoms with Crippen molar-refractivity contribution in [2.45, 2.75) is 19.9 Å². The maximum atomic E-state index is 12.8. The Labute approximate surface area is 135 Å². The fourth-order valence-corrected chi connectivity index (χ4v) is 1.83. The van der Waals surface area contributed by atoms with Crippen LogP contribution in [0, 0.1) is 22.9 Å². The molecule has 0 amide bonds. The van der Waals surface area contributed by atoms with Gasteiger partial charge in [-0.3, -0.25) is 14.8 Å². The molecule has 126 valence electrons. The van der Waals surface area contributed by atoms with Crippen molar-refractivity contribution in [2.24, 2.45) is 10.9 Å². The minimum absolute atomic E-state index is 0.0751. The summed E-state index contributed by atoms with van der Waals surface area (Å²) >= 11 is 0. The van der Waals surface area contributed by atoms with E-state index in [0.29, 0.717) is 5.56 Å². The van der Waals surface area contributed by atoms with E-state index in [9.17, 15) is 19.3 Å². The Hall–Kier alpha value is -3.30. The fraction of sp³-hybridized carbons (Fsp3) is 0.214. The van der Waals surface area contributed by atoms with Crippen molar-refractivity contribution >= 4 is 17.5 Å². The van der Waals surface area contributed by atoms with Crippen LogP contribution in [0.15, 0.2) is 35.6 Å². The van der Waals surface area contributed by atoms with E-state index >= 15 is 0 Å². The van der Waals surface area contributed by atoms with Crippen molar-refractivity contribution in [3.8, 4) is 0 Å². The predicted octanol–water partition coefficient (Wildman–Crippen LogP) is 1.49. The number of aryl methyl sites for hydroxylation is 2. The Kier molecular flexibility index (Phi) is 5.20. The van der Waals surface area contributed by atoms with E-state index in [0.717, 1.165) is 0 Å². The number of hydrogen-bond donors (Lipinski definition) is 1. The summed E-state index contributed by atoms with van der Waals surface area (Å²) < 4.78 is 14.1. The zero-order valence-electron chi connectivity index (χ0n) is 12.7. The van der Waals surface area contributed by atoms with Crippen LogP contribution >= 0.6 is 0 Å². The number of nitro groups is 1. The van der Waals surface area contributed by atoms with Crippen LogP contribution in [0.1, 0.15) is 17.7 Å².